The van der Waals surface area contributed by atoms with Crippen molar-refractivity contribution in [2.45, 2.75) is 6.54 Å². The lowest BCUT2D eigenvalue weighted by Crippen LogP contribution is -2.12. The SMILES string of the molecule is OCCNc1nc2ccccc2n1Cc1ccc(Br)cc1. The number of aliphatic hydroxyl groups excluding tert-OH is 1. The number of imidazole rings is 1. The van der Waals surface area contributed by atoms with E-state index in [1.54, 1.807) is 0 Å². The Morgan fingerprint density at radius 2 is 1.86 bits per heavy atom. The molecular weight excluding hydrogens is 330 g/mol. The van der Waals surface area contributed by atoms with Gasteiger partial charge in [-0.15, -0.1) is 0 Å². The summed E-state index contributed by atoms with van der Waals surface area (Å²) in [6, 6.07) is 16.3. The van der Waals surface area contributed by atoms with E-state index in [0.29, 0.717) is 6.54 Å². The predicted molar refractivity (Wildman–Crippen MR) is 88.6 cm³/mol. The number of rotatable bonds is 5. The first kappa shape index (κ1) is 14.1. The van der Waals surface area contributed by atoms with E-state index in [1.807, 2.05) is 30.3 Å². The number of fused-ring (bicyclic) bond motifs is 1. The average Bonchev–Trinajstić information content (AvgIpc) is 2.85. The van der Waals surface area contributed by atoms with Crippen molar-refractivity contribution in [3.05, 3.63) is 58.6 Å². The standard InChI is InChI=1S/C16H16BrN3O/c17-13-7-5-12(6-8-13)11-20-15-4-2-1-3-14(15)19-16(20)18-9-10-21/h1-8,21H,9-11H2,(H,18,19). The van der Waals surface area contributed by atoms with Crippen molar-refractivity contribution in [3.63, 3.8) is 0 Å². The monoisotopic (exact) mass is 345 g/mol. The Hall–Kier alpha value is -1.85. The zero-order valence-electron chi connectivity index (χ0n) is 11.5. The van der Waals surface area contributed by atoms with Crippen LogP contribution in [0.15, 0.2) is 53.0 Å². The zero-order chi connectivity index (χ0) is 14.7. The van der Waals surface area contributed by atoms with Gasteiger partial charge in [-0.1, -0.05) is 40.2 Å². The van der Waals surface area contributed by atoms with E-state index in [0.717, 1.165) is 28.0 Å². The summed E-state index contributed by atoms with van der Waals surface area (Å²) >= 11 is 3.45. The molecule has 21 heavy (non-hydrogen) atoms. The van der Waals surface area contributed by atoms with Crippen LogP contribution >= 0.6 is 15.9 Å². The molecule has 1 aromatic heterocycles. The van der Waals surface area contributed by atoms with Gasteiger partial charge in [0.25, 0.3) is 0 Å². The third-order valence-electron chi connectivity index (χ3n) is 3.30. The third-order valence-corrected chi connectivity index (χ3v) is 3.83. The van der Waals surface area contributed by atoms with Gasteiger partial charge in [-0.25, -0.2) is 4.98 Å². The molecule has 0 aliphatic heterocycles. The normalized spacial score (nSPS) is 11.0. The maximum Gasteiger partial charge on any atom is 0.204 e. The Kier molecular flexibility index (Phi) is 4.22. The Labute approximate surface area is 131 Å². The summed E-state index contributed by atoms with van der Waals surface area (Å²) in [7, 11) is 0. The minimum Gasteiger partial charge on any atom is -0.395 e. The van der Waals surface area contributed by atoms with E-state index >= 15 is 0 Å². The number of aromatic nitrogens is 2. The van der Waals surface area contributed by atoms with Crippen LogP contribution < -0.4 is 5.32 Å². The minimum absolute atomic E-state index is 0.0848. The van der Waals surface area contributed by atoms with Crippen molar-refractivity contribution in [3.8, 4) is 0 Å². The third kappa shape index (κ3) is 3.09. The summed E-state index contributed by atoms with van der Waals surface area (Å²) in [5.41, 5.74) is 3.24. The molecule has 108 valence electrons. The summed E-state index contributed by atoms with van der Waals surface area (Å²) in [6.07, 6.45) is 0. The number of anilines is 1. The highest BCUT2D eigenvalue weighted by Crippen LogP contribution is 2.21. The number of halogens is 1. The fourth-order valence-corrected chi connectivity index (χ4v) is 2.57. The highest BCUT2D eigenvalue weighted by molar-refractivity contribution is 9.10. The van der Waals surface area contributed by atoms with Gasteiger partial charge >= 0.3 is 0 Å². The molecule has 0 aliphatic carbocycles. The number of benzene rings is 2. The molecule has 0 amide bonds. The van der Waals surface area contributed by atoms with Gasteiger partial charge in [0.05, 0.1) is 24.2 Å². The number of para-hydroxylation sites is 2. The molecule has 2 N–H and O–H groups in total. The highest BCUT2D eigenvalue weighted by Gasteiger charge is 2.10. The van der Waals surface area contributed by atoms with E-state index in [1.165, 1.54) is 5.56 Å². The Morgan fingerprint density at radius 1 is 1.10 bits per heavy atom. The molecule has 0 radical (unpaired) electrons. The van der Waals surface area contributed by atoms with E-state index in [4.69, 9.17) is 5.11 Å². The molecule has 1 heterocycles. The molecular formula is C16H16BrN3O. The predicted octanol–water partition coefficient (Wildman–Crippen LogP) is 3.25. The van der Waals surface area contributed by atoms with Crippen LogP contribution in [0.2, 0.25) is 0 Å². The fourth-order valence-electron chi connectivity index (χ4n) is 2.31. The fraction of sp³-hybridized carbons (Fsp3) is 0.188. The lowest BCUT2D eigenvalue weighted by atomic mass is 10.2. The maximum absolute atomic E-state index is 9.01. The van der Waals surface area contributed by atoms with Crippen LogP contribution in [0.25, 0.3) is 11.0 Å². The lowest BCUT2D eigenvalue weighted by Gasteiger charge is -2.10. The summed E-state index contributed by atoms with van der Waals surface area (Å²) < 4.78 is 3.20. The second-order valence-electron chi connectivity index (χ2n) is 4.79. The van der Waals surface area contributed by atoms with E-state index in [9.17, 15) is 0 Å². The van der Waals surface area contributed by atoms with Gasteiger partial charge in [0.15, 0.2) is 0 Å². The Balaban J connectivity index is 1.99. The number of nitrogens with one attached hydrogen (secondary N) is 1. The van der Waals surface area contributed by atoms with E-state index in [2.05, 4.69) is 49.0 Å². The Morgan fingerprint density at radius 3 is 2.62 bits per heavy atom. The van der Waals surface area contributed by atoms with E-state index in [-0.39, 0.29) is 6.61 Å². The molecule has 3 aromatic rings. The van der Waals surface area contributed by atoms with Crippen molar-refractivity contribution in [1.29, 1.82) is 0 Å². The summed E-state index contributed by atoms with van der Waals surface area (Å²) in [6.45, 7) is 1.31. The van der Waals surface area contributed by atoms with Gasteiger partial charge in [0.2, 0.25) is 5.95 Å². The lowest BCUT2D eigenvalue weighted by molar-refractivity contribution is 0.310. The molecule has 0 atom stereocenters. The molecule has 0 bridgehead atoms. The molecule has 5 heteroatoms. The topological polar surface area (TPSA) is 50.1 Å². The van der Waals surface area contributed by atoms with Crippen LogP contribution in [0.1, 0.15) is 5.56 Å². The summed E-state index contributed by atoms with van der Waals surface area (Å²) in [5.74, 6) is 0.785. The van der Waals surface area contributed by atoms with Crippen LogP contribution in [0, 0.1) is 0 Å². The van der Waals surface area contributed by atoms with Gasteiger partial charge in [0, 0.05) is 11.0 Å². The number of hydrogen-bond acceptors (Lipinski definition) is 3. The molecule has 3 rings (SSSR count). The first-order valence-corrected chi connectivity index (χ1v) is 7.61. The van der Waals surface area contributed by atoms with Crippen LogP contribution in [0.5, 0.6) is 0 Å². The van der Waals surface area contributed by atoms with Gasteiger partial charge in [-0.05, 0) is 29.8 Å². The van der Waals surface area contributed by atoms with Crippen LogP contribution in [0.4, 0.5) is 5.95 Å². The molecule has 0 unspecified atom stereocenters. The highest BCUT2D eigenvalue weighted by atomic mass is 79.9. The summed E-state index contributed by atoms with van der Waals surface area (Å²) in [5, 5.41) is 12.2. The molecule has 0 saturated heterocycles. The molecule has 4 nitrogen and oxygen atoms in total. The molecule has 0 aliphatic rings. The number of aliphatic hydroxyl groups is 1. The van der Waals surface area contributed by atoms with Crippen molar-refractivity contribution >= 4 is 32.9 Å². The molecule has 0 spiro atoms. The van der Waals surface area contributed by atoms with Gasteiger partial charge in [-0.3, -0.25) is 0 Å². The second kappa shape index (κ2) is 6.28. The zero-order valence-corrected chi connectivity index (χ0v) is 13.0. The van der Waals surface area contributed by atoms with Crippen molar-refractivity contribution in [2.24, 2.45) is 0 Å². The van der Waals surface area contributed by atoms with Crippen molar-refractivity contribution < 1.29 is 5.11 Å². The average molecular weight is 346 g/mol. The van der Waals surface area contributed by atoms with E-state index < -0.39 is 0 Å². The minimum atomic E-state index is 0.0848. The Bertz CT molecular complexity index is 737. The largest absolute Gasteiger partial charge is 0.395 e. The second-order valence-corrected chi connectivity index (χ2v) is 5.70. The maximum atomic E-state index is 9.01. The molecule has 0 saturated carbocycles. The summed E-state index contributed by atoms with van der Waals surface area (Å²) in [4.78, 5) is 4.60. The molecule has 2 aromatic carbocycles. The van der Waals surface area contributed by atoms with Gasteiger partial charge < -0.3 is 15.0 Å². The van der Waals surface area contributed by atoms with Crippen LogP contribution in [0.3, 0.4) is 0 Å². The number of nitrogens with zero attached hydrogens (tertiary/aromatic N) is 2. The smallest absolute Gasteiger partial charge is 0.204 e. The first-order valence-electron chi connectivity index (χ1n) is 6.82. The van der Waals surface area contributed by atoms with Gasteiger partial charge in [0.1, 0.15) is 0 Å². The van der Waals surface area contributed by atoms with Crippen molar-refractivity contribution in [1.82, 2.24) is 9.55 Å². The van der Waals surface area contributed by atoms with Gasteiger partial charge in [-0.2, -0.15) is 0 Å². The first-order chi connectivity index (χ1) is 10.3. The number of hydrogen-bond donors (Lipinski definition) is 2. The quantitative estimate of drug-likeness (QED) is 0.746. The van der Waals surface area contributed by atoms with Crippen molar-refractivity contribution in [2.75, 3.05) is 18.5 Å². The molecule has 0 fully saturated rings. The van der Waals surface area contributed by atoms with Crippen LogP contribution in [-0.4, -0.2) is 27.8 Å². The van der Waals surface area contributed by atoms with Crippen LogP contribution in [-0.2, 0) is 6.54 Å².